The summed E-state index contributed by atoms with van der Waals surface area (Å²) in [5.74, 6) is 5.60. The summed E-state index contributed by atoms with van der Waals surface area (Å²) in [6.45, 7) is 3.84. The van der Waals surface area contributed by atoms with Crippen LogP contribution in [0.2, 0.25) is 0 Å². The van der Waals surface area contributed by atoms with Crippen LogP contribution in [0.1, 0.15) is 33.0 Å². The second kappa shape index (κ2) is 7.02. The summed E-state index contributed by atoms with van der Waals surface area (Å²) in [5, 5.41) is 14.2. The first-order valence-electron chi connectivity index (χ1n) is 6.54. The van der Waals surface area contributed by atoms with Crippen molar-refractivity contribution in [3.05, 3.63) is 45.4 Å². The van der Waals surface area contributed by atoms with Gasteiger partial charge in [-0.05, 0) is 31.5 Å². The Morgan fingerprint density at radius 3 is 2.90 bits per heavy atom. The molecule has 1 aromatic heterocycles. The number of amides is 1. The summed E-state index contributed by atoms with van der Waals surface area (Å²) in [6.07, 6.45) is 0.438. The molecule has 4 nitrogen and oxygen atoms in total. The molecule has 0 saturated heterocycles. The smallest absolute Gasteiger partial charge is 0.275 e. The molecule has 0 saturated carbocycles. The number of hydrogen-bond donors (Lipinski definition) is 2. The molecule has 5 heteroatoms. The molecule has 1 aromatic carbocycles. The predicted octanol–water partition coefficient (Wildman–Crippen LogP) is 2.75. The van der Waals surface area contributed by atoms with Crippen molar-refractivity contribution >= 4 is 22.9 Å². The van der Waals surface area contributed by atoms with Crippen LogP contribution in [0.3, 0.4) is 0 Å². The molecule has 2 N–H and O–H groups in total. The van der Waals surface area contributed by atoms with E-state index in [0.717, 1.165) is 21.8 Å². The standard InChI is InChI=1S/C16H16N2O2S/c1-11-6-7-13(5-3-4-8-19)9-14(11)18-16(20)15-10-21-12(2)17-15/h6-7,9-10,19H,4,8H2,1-2H3,(H,18,20). The highest BCUT2D eigenvalue weighted by molar-refractivity contribution is 7.09. The van der Waals surface area contributed by atoms with Crippen LogP contribution in [0.5, 0.6) is 0 Å². The molecule has 0 aliphatic rings. The molecule has 0 bridgehead atoms. The van der Waals surface area contributed by atoms with Crippen molar-refractivity contribution in [2.75, 3.05) is 11.9 Å². The van der Waals surface area contributed by atoms with Crippen LogP contribution in [-0.4, -0.2) is 22.6 Å². The van der Waals surface area contributed by atoms with E-state index in [1.54, 1.807) is 5.38 Å². The van der Waals surface area contributed by atoms with Crippen molar-refractivity contribution in [3.63, 3.8) is 0 Å². The maximum absolute atomic E-state index is 12.1. The van der Waals surface area contributed by atoms with Gasteiger partial charge in [0.2, 0.25) is 0 Å². The first kappa shape index (κ1) is 15.2. The number of hydrogen-bond acceptors (Lipinski definition) is 4. The number of rotatable bonds is 3. The number of nitrogens with one attached hydrogen (secondary N) is 1. The van der Waals surface area contributed by atoms with Gasteiger partial charge in [-0.15, -0.1) is 11.3 Å². The van der Waals surface area contributed by atoms with Gasteiger partial charge in [0.25, 0.3) is 5.91 Å². The third kappa shape index (κ3) is 4.15. The fourth-order valence-electron chi connectivity index (χ4n) is 1.71. The van der Waals surface area contributed by atoms with E-state index in [4.69, 9.17) is 5.11 Å². The molecule has 0 atom stereocenters. The van der Waals surface area contributed by atoms with Crippen molar-refractivity contribution < 1.29 is 9.90 Å². The van der Waals surface area contributed by atoms with Crippen LogP contribution in [0.4, 0.5) is 5.69 Å². The molecule has 0 radical (unpaired) electrons. The fourth-order valence-corrected chi connectivity index (χ4v) is 2.30. The van der Waals surface area contributed by atoms with Crippen LogP contribution in [-0.2, 0) is 0 Å². The van der Waals surface area contributed by atoms with E-state index in [0.29, 0.717) is 12.1 Å². The third-order valence-corrected chi connectivity index (χ3v) is 3.58. The minimum absolute atomic E-state index is 0.0473. The van der Waals surface area contributed by atoms with Gasteiger partial charge < -0.3 is 10.4 Å². The van der Waals surface area contributed by atoms with Gasteiger partial charge in [-0.1, -0.05) is 17.9 Å². The number of aliphatic hydroxyl groups excluding tert-OH is 1. The largest absolute Gasteiger partial charge is 0.395 e. The number of aryl methyl sites for hydroxylation is 2. The van der Waals surface area contributed by atoms with Crippen LogP contribution in [0.15, 0.2) is 23.6 Å². The zero-order valence-corrected chi connectivity index (χ0v) is 12.8. The Morgan fingerprint density at radius 1 is 1.43 bits per heavy atom. The van der Waals surface area contributed by atoms with Gasteiger partial charge in [0.15, 0.2) is 0 Å². The molecular formula is C16H16N2O2S. The fraction of sp³-hybridized carbons (Fsp3) is 0.250. The number of anilines is 1. The topological polar surface area (TPSA) is 62.2 Å². The molecule has 0 aliphatic carbocycles. The molecule has 0 spiro atoms. The van der Waals surface area contributed by atoms with Gasteiger partial charge in [0.1, 0.15) is 5.69 Å². The molecule has 0 unspecified atom stereocenters. The zero-order valence-electron chi connectivity index (χ0n) is 11.9. The van der Waals surface area contributed by atoms with Crippen LogP contribution >= 0.6 is 11.3 Å². The molecule has 0 aliphatic heterocycles. The van der Waals surface area contributed by atoms with E-state index in [-0.39, 0.29) is 12.5 Å². The second-order valence-corrected chi connectivity index (χ2v) is 5.57. The Labute approximate surface area is 127 Å². The average Bonchev–Trinajstić information content (AvgIpc) is 2.89. The van der Waals surface area contributed by atoms with E-state index in [9.17, 15) is 4.79 Å². The summed E-state index contributed by atoms with van der Waals surface area (Å²) in [4.78, 5) is 16.3. The van der Waals surface area contributed by atoms with Crippen LogP contribution < -0.4 is 5.32 Å². The SMILES string of the molecule is Cc1nc(C(=O)Nc2cc(C#CCCO)ccc2C)cs1. The third-order valence-electron chi connectivity index (χ3n) is 2.81. The number of nitrogens with zero attached hydrogens (tertiary/aromatic N) is 1. The summed E-state index contributed by atoms with van der Waals surface area (Å²) >= 11 is 1.45. The molecular weight excluding hydrogens is 284 g/mol. The quantitative estimate of drug-likeness (QED) is 0.857. The van der Waals surface area contributed by atoms with E-state index < -0.39 is 0 Å². The van der Waals surface area contributed by atoms with Gasteiger partial charge in [0.05, 0.1) is 11.6 Å². The highest BCUT2D eigenvalue weighted by Gasteiger charge is 2.11. The van der Waals surface area contributed by atoms with Crippen molar-refractivity contribution in [1.82, 2.24) is 4.98 Å². The lowest BCUT2D eigenvalue weighted by Gasteiger charge is -2.07. The number of carbonyl (C=O) groups is 1. The predicted molar refractivity (Wildman–Crippen MR) is 84.6 cm³/mol. The van der Waals surface area contributed by atoms with Gasteiger partial charge in [0, 0.05) is 23.1 Å². The van der Waals surface area contributed by atoms with Gasteiger partial charge in [-0.3, -0.25) is 4.79 Å². The lowest BCUT2D eigenvalue weighted by Crippen LogP contribution is -2.13. The van der Waals surface area contributed by atoms with Gasteiger partial charge in [-0.25, -0.2) is 4.98 Å². The second-order valence-electron chi connectivity index (χ2n) is 4.51. The molecule has 0 fully saturated rings. The van der Waals surface area contributed by atoms with Crippen molar-refractivity contribution in [3.8, 4) is 11.8 Å². The highest BCUT2D eigenvalue weighted by atomic mass is 32.1. The van der Waals surface area contributed by atoms with Gasteiger partial charge in [-0.2, -0.15) is 0 Å². The van der Waals surface area contributed by atoms with Crippen LogP contribution in [0, 0.1) is 25.7 Å². The summed E-state index contributed by atoms with van der Waals surface area (Å²) in [7, 11) is 0. The minimum atomic E-state index is -0.220. The first-order chi connectivity index (χ1) is 10.1. The number of aliphatic hydroxyl groups is 1. The maximum atomic E-state index is 12.1. The maximum Gasteiger partial charge on any atom is 0.275 e. The van der Waals surface area contributed by atoms with Crippen molar-refractivity contribution in [2.45, 2.75) is 20.3 Å². The summed E-state index contributed by atoms with van der Waals surface area (Å²) in [5.41, 5.74) is 2.91. The Kier molecular flexibility index (Phi) is 5.09. The number of benzene rings is 1. The molecule has 21 heavy (non-hydrogen) atoms. The first-order valence-corrected chi connectivity index (χ1v) is 7.42. The molecule has 108 valence electrons. The van der Waals surface area contributed by atoms with Crippen LogP contribution in [0.25, 0.3) is 0 Å². The lowest BCUT2D eigenvalue weighted by molar-refractivity contribution is 0.102. The Bertz CT molecular complexity index is 711. The molecule has 2 aromatic rings. The molecule has 1 heterocycles. The number of aromatic nitrogens is 1. The Hall–Kier alpha value is -2.16. The van der Waals surface area contributed by atoms with Gasteiger partial charge >= 0.3 is 0 Å². The summed E-state index contributed by atoms with van der Waals surface area (Å²) < 4.78 is 0. The molecule has 2 rings (SSSR count). The zero-order chi connectivity index (χ0) is 15.2. The minimum Gasteiger partial charge on any atom is -0.395 e. The normalized spacial score (nSPS) is 9.86. The van der Waals surface area contributed by atoms with E-state index in [2.05, 4.69) is 22.1 Å². The Morgan fingerprint density at radius 2 is 2.24 bits per heavy atom. The number of thiazole rings is 1. The lowest BCUT2D eigenvalue weighted by atomic mass is 10.1. The van der Waals surface area contributed by atoms with E-state index in [1.807, 2.05) is 32.0 Å². The monoisotopic (exact) mass is 300 g/mol. The average molecular weight is 300 g/mol. The van der Waals surface area contributed by atoms with Crippen molar-refractivity contribution in [2.24, 2.45) is 0 Å². The Balaban J connectivity index is 2.17. The van der Waals surface area contributed by atoms with E-state index in [1.165, 1.54) is 11.3 Å². The molecule has 1 amide bonds. The number of carbonyl (C=O) groups excluding carboxylic acids is 1. The highest BCUT2D eigenvalue weighted by Crippen LogP contribution is 2.18. The van der Waals surface area contributed by atoms with Crippen molar-refractivity contribution in [1.29, 1.82) is 0 Å². The summed E-state index contributed by atoms with van der Waals surface area (Å²) in [6, 6.07) is 5.63. The van der Waals surface area contributed by atoms with E-state index >= 15 is 0 Å².